The summed E-state index contributed by atoms with van der Waals surface area (Å²) in [6.45, 7) is 4.98. The van der Waals surface area contributed by atoms with Crippen LogP contribution in [-0.4, -0.2) is 24.3 Å². The van der Waals surface area contributed by atoms with Gasteiger partial charge in [0.15, 0.2) is 0 Å². The van der Waals surface area contributed by atoms with E-state index in [2.05, 4.69) is 0 Å². The summed E-state index contributed by atoms with van der Waals surface area (Å²) < 4.78 is 10.1. The summed E-state index contributed by atoms with van der Waals surface area (Å²) in [5, 5.41) is 0. The molecule has 68 valence electrons. The monoisotopic (exact) mass is 200 g/mol. The minimum Gasteiger partial charge on any atom is -0.363 e. The van der Waals surface area contributed by atoms with E-state index in [0.717, 1.165) is 0 Å². The molecule has 2 atom stereocenters. The predicted octanol–water partition coefficient (Wildman–Crippen LogP) is 2.58. The van der Waals surface area contributed by atoms with Crippen LogP contribution in [0.25, 0.3) is 0 Å². The van der Waals surface area contributed by atoms with Gasteiger partial charge in [0.2, 0.25) is 0 Å². The van der Waals surface area contributed by atoms with Crippen molar-refractivity contribution in [2.24, 2.45) is 0 Å². The van der Waals surface area contributed by atoms with Crippen LogP contribution in [0.1, 0.15) is 20.3 Å². The van der Waals surface area contributed by atoms with E-state index in [1.54, 1.807) is 0 Å². The van der Waals surface area contributed by atoms with E-state index in [1.165, 1.54) is 0 Å². The fraction of sp³-hybridized carbons (Fsp3) is 1.00. The maximum Gasteiger partial charge on any atom is 0.134 e. The Balaban J connectivity index is 3.32. The van der Waals surface area contributed by atoms with E-state index in [0.29, 0.717) is 19.6 Å². The molecule has 0 aromatic rings. The van der Waals surface area contributed by atoms with E-state index in [-0.39, 0.29) is 11.1 Å². The second-order valence-corrected chi connectivity index (χ2v) is 2.94. The molecule has 0 fully saturated rings. The Morgan fingerprint density at radius 2 is 1.36 bits per heavy atom. The molecule has 0 saturated carbocycles. The molecule has 0 bridgehead atoms. The average molecular weight is 201 g/mol. The summed E-state index contributed by atoms with van der Waals surface area (Å²) in [6, 6.07) is 0. The summed E-state index contributed by atoms with van der Waals surface area (Å²) in [5.41, 5.74) is -0.678. The van der Waals surface area contributed by atoms with Gasteiger partial charge in [0.05, 0.1) is 0 Å². The molecule has 0 heterocycles. The smallest absolute Gasteiger partial charge is 0.134 e. The number of ether oxygens (including phenoxy) is 2. The van der Waals surface area contributed by atoms with Gasteiger partial charge in [-0.25, -0.2) is 0 Å². The van der Waals surface area contributed by atoms with Crippen molar-refractivity contribution in [3.05, 3.63) is 0 Å². The van der Waals surface area contributed by atoms with E-state index < -0.39 is 0 Å². The quantitative estimate of drug-likeness (QED) is 0.615. The highest BCUT2D eigenvalue weighted by Gasteiger charge is 2.11. The van der Waals surface area contributed by atoms with Gasteiger partial charge in [-0.1, -0.05) is 23.2 Å². The Morgan fingerprint density at radius 1 is 1.00 bits per heavy atom. The Kier molecular flexibility index (Phi) is 7.49. The molecule has 0 saturated heterocycles. The predicted molar refractivity (Wildman–Crippen MR) is 47.2 cm³/mol. The average Bonchev–Trinajstić information content (AvgIpc) is 1.87. The lowest BCUT2D eigenvalue weighted by atomic mass is 10.5. The number of alkyl halides is 2. The molecule has 0 spiro atoms. The summed E-state index contributed by atoms with van der Waals surface area (Å²) >= 11 is 11.4. The van der Waals surface area contributed by atoms with Gasteiger partial charge in [-0.2, -0.15) is 0 Å². The van der Waals surface area contributed by atoms with Crippen LogP contribution in [-0.2, 0) is 9.47 Å². The van der Waals surface area contributed by atoms with Crippen LogP contribution in [0, 0.1) is 0 Å². The van der Waals surface area contributed by atoms with Crippen molar-refractivity contribution >= 4 is 23.2 Å². The van der Waals surface area contributed by atoms with Crippen LogP contribution >= 0.6 is 23.2 Å². The van der Waals surface area contributed by atoms with Crippen LogP contribution in [0.2, 0.25) is 0 Å². The van der Waals surface area contributed by atoms with Crippen molar-refractivity contribution in [3.8, 4) is 0 Å². The molecule has 0 N–H and O–H groups in total. The number of hydrogen-bond acceptors (Lipinski definition) is 2. The minimum atomic E-state index is -0.339. The van der Waals surface area contributed by atoms with Crippen molar-refractivity contribution in [1.82, 2.24) is 0 Å². The third-order valence-corrected chi connectivity index (χ3v) is 1.67. The fourth-order valence-corrected chi connectivity index (χ4v) is 1.31. The van der Waals surface area contributed by atoms with E-state index in [1.807, 2.05) is 13.8 Å². The molecule has 0 aliphatic carbocycles. The topological polar surface area (TPSA) is 18.5 Å². The maximum atomic E-state index is 5.72. The minimum absolute atomic E-state index is 0.339. The van der Waals surface area contributed by atoms with E-state index in [9.17, 15) is 0 Å². The van der Waals surface area contributed by atoms with Gasteiger partial charge in [0.25, 0.3) is 0 Å². The van der Waals surface area contributed by atoms with Crippen LogP contribution in [0.4, 0.5) is 0 Å². The Bertz CT molecular complexity index is 80.5. The van der Waals surface area contributed by atoms with Crippen molar-refractivity contribution < 1.29 is 9.47 Å². The molecule has 0 aromatic carbocycles. The lowest BCUT2D eigenvalue weighted by molar-refractivity contribution is 0.0562. The van der Waals surface area contributed by atoms with Crippen molar-refractivity contribution in [2.75, 3.05) is 13.2 Å². The zero-order chi connectivity index (χ0) is 8.69. The summed E-state index contributed by atoms with van der Waals surface area (Å²) in [4.78, 5) is 0. The first-order valence-electron chi connectivity index (χ1n) is 3.72. The molecule has 0 aliphatic rings. The van der Waals surface area contributed by atoms with E-state index in [4.69, 9.17) is 32.7 Å². The van der Waals surface area contributed by atoms with Gasteiger partial charge >= 0.3 is 0 Å². The second kappa shape index (κ2) is 7.17. The van der Waals surface area contributed by atoms with Gasteiger partial charge in [0.1, 0.15) is 11.1 Å². The highest BCUT2D eigenvalue weighted by molar-refractivity contribution is 6.22. The Labute approximate surface area is 77.8 Å². The molecule has 0 rings (SSSR count). The lowest BCUT2D eigenvalue weighted by Gasteiger charge is -2.13. The second-order valence-electron chi connectivity index (χ2n) is 1.97. The Morgan fingerprint density at radius 3 is 1.64 bits per heavy atom. The molecule has 0 radical (unpaired) electrons. The van der Waals surface area contributed by atoms with Gasteiger partial charge in [-0.05, 0) is 13.8 Å². The molecule has 4 heteroatoms. The molecule has 0 amide bonds. The van der Waals surface area contributed by atoms with Crippen molar-refractivity contribution in [2.45, 2.75) is 31.4 Å². The third kappa shape index (κ3) is 6.88. The number of halogens is 2. The summed E-state index contributed by atoms with van der Waals surface area (Å²) in [7, 11) is 0. The van der Waals surface area contributed by atoms with Crippen LogP contribution in [0.15, 0.2) is 0 Å². The molecule has 2 nitrogen and oxygen atoms in total. The third-order valence-electron chi connectivity index (χ3n) is 1.07. The van der Waals surface area contributed by atoms with Crippen LogP contribution in [0.5, 0.6) is 0 Å². The van der Waals surface area contributed by atoms with E-state index >= 15 is 0 Å². The Hall–Kier alpha value is 0.500. The normalized spacial score (nSPS) is 16.4. The summed E-state index contributed by atoms with van der Waals surface area (Å²) in [5.74, 6) is 0. The number of hydrogen-bond donors (Lipinski definition) is 0. The first-order chi connectivity index (χ1) is 5.20. The lowest BCUT2D eigenvalue weighted by Crippen LogP contribution is -2.14. The molecule has 0 aromatic heterocycles. The first-order valence-corrected chi connectivity index (χ1v) is 4.59. The highest BCUT2D eigenvalue weighted by Crippen LogP contribution is 2.12. The van der Waals surface area contributed by atoms with Crippen molar-refractivity contribution in [1.29, 1.82) is 0 Å². The zero-order valence-corrected chi connectivity index (χ0v) is 8.36. The first kappa shape index (κ1) is 11.5. The molecule has 11 heavy (non-hydrogen) atoms. The van der Waals surface area contributed by atoms with Gasteiger partial charge in [-0.3, -0.25) is 0 Å². The van der Waals surface area contributed by atoms with Gasteiger partial charge in [-0.15, -0.1) is 0 Å². The largest absolute Gasteiger partial charge is 0.363 e. The maximum absolute atomic E-state index is 5.72. The zero-order valence-electron chi connectivity index (χ0n) is 6.85. The van der Waals surface area contributed by atoms with Crippen LogP contribution < -0.4 is 0 Å². The molecular formula is C7H14Cl2O2. The molecular weight excluding hydrogens is 187 g/mol. The van der Waals surface area contributed by atoms with Crippen molar-refractivity contribution in [3.63, 3.8) is 0 Å². The van der Waals surface area contributed by atoms with Crippen LogP contribution in [0.3, 0.4) is 0 Å². The molecule has 0 aliphatic heterocycles. The van der Waals surface area contributed by atoms with Gasteiger partial charge in [0, 0.05) is 19.6 Å². The molecule has 2 unspecified atom stereocenters. The standard InChI is InChI=1S/C7H14Cl2O2/c1-3-10-6(8)5-7(9)11-4-2/h6-7H,3-5H2,1-2H3. The highest BCUT2D eigenvalue weighted by atomic mass is 35.5. The summed E-state index contributed by atoms with van der Waals surface area (Å²) in [6.07, 6.45) is 0.519. The van der Waals surface area contributed by atoms with Gasteiger partial charge < -0.3 is 9.47 Å². The fourth-order valence-electron chi connectivity index (χ4n) is 0.643. The SMILES string of the molecule is CCOC(Cl)CC(Cl)OCC. The number of rotatable bonds is 6.